The third-order valence-corrected chi connectivity index (χ3v) is 4.65. The van der Waals surface area contributed by atoms with E-state index in [1.165, 1.54) is 43.1 Å². The first-order valence-electron chi connectivity index (χ1n) is 8.11. The van der Waals surface area contributed by atoms with Crippen LogP contribution < -0.4 is 10.6 Å². The lowest BCUT2D eigenvalue weighted by molar-refractivity contribution is 0.425. The van der Waals surface area contributed by atoms with Gasteiger partial charge in [0.2, 0.25) is 0 Å². The fourth-order valence-corrected chi connectivity index (χ4v) is 3.44. The van der Waals surface area contributed by atoms with Gasteiger partial charge in [0.1, 0.15) is 5.82 Å². The largest absolute Gasteiger partial charge is 0.356 e. The molecule has 1 heterocycles. The van der Waals surface area contributed by atoms with Crippen LogP contribution in [0, 0.1) is 0 Å². The molecule has 3 nitrogen and oxygen atoms in total. The Labute approximate surface area is 127 Å². The van der Waals surface area contributed by atoms with Crippen LogP contribution in [-0.4, -0.2) is 24.6 Å². The van der Waals surface area contributed by atoms with Gasteiger partial charge >= 0.3 is 0 Å². The van der Waals surface area contributed by atoms with Gasteiger partial charge in [-0.15, -0.1) is 0 Å². The predicted octanol–water partition coefficient (Wildman–Crippen LogP) is 3.50. The van der Waals surface area contributed by atoms with Crippen LogP contribution in [0.3, 0.4) is 0 Å². The molecule has 0 saturated heterocycles. The number of anilines is 1. The van der Waals surface area contributed by atoms with Gasteiger partial charge in [-0.05, 0) is 43.5 Å². The zero-order valence-electron chi connectivity index (χ0n) is 12.9. The Morgan fingerprint density at radius 3 is 2.71 bits per heavy atom. The van der Waals surface area contributed by atoms with Gasteiger partial charge in [0.15, 0.2) is 0 Å². The molecule has 0 bridgehead atoms. The van der Waals surface area contributed by atoms with Crippen molar-refractivity contribution >= 4 is 16.7 Å². The van der Waals surface area contributed by atoms with Gasteiger partial charge in [0.25, 0.3) is 0 Å². The summed E-state index contributed by atoms with van der Waals surface area (Å²) in [5.74, 6) is 1.13. The van der Waals surface area contributed by atoms with E-state index in [1.807, 2.05) is 0 Å². The zero-order chi connectivity index (χ0) is 14.7. The molecule has 3 heteroatoms. The Balaban J connectivity index is 1.99. The van der Waals surface area contributed by atoms with Gasteiger partial charge in [-0.2, -0.15) is 0 Å². The second kappa shape index (κ2) is 6.44. The van der Waals surface area contributed by atoms with Crippen molar-refractivity contribution in [2.45, 2.75) is 44.6 Å². The summed E-state index contributed by atoms with van der Waals surface area (Å²) in [6.07, 6.45) is 7.53. The average Bonchev–Trinajstić information content (AvgIpc) is 2.55. The summed E-state index contributed by atoms with van der Waals surface area (Å²) in [6.45, 7) is 0.672. The standard InChI is InChI=1S/C18H25N3/c1-21(16-8-3-2-4-9-16)18-15(11-12-19)13-14-7-5-6-10-17(14)20-18/h5-7,10,13,16H,2-4,8-9,11-12,19H2,1H3. The molecule has 2 aromatic rings. The maximum atomic E-state index is 5.81. The molecule has 0 atom stereocenters. The molecule has 1 aliphatic carbocycles. The lowest BCUT2D eigenvalue weighted by atomic mass is 9.94. The van der Waals surface area contributed by atoms with Crippen LogP contribution in [0.15, 0.2) is 30.3 Å². The van der Waals surface area contributed by atoms with Crippen LogP contribution in [0.4, 0.5) is 5.82 Å². The maximum absolute atomic E-state index is 5.81. The molecular weight excluding hydrogens is 258 g/mol. The molecule has 1 aromatic carbocycles. The van der Waals surface area contributed by atoms with Crippen molar-refractivity contribution in [3.63, 3.8) is 0 Å². The molecule has 21 heavy (non-hydrogen) atoms. The third-order valence-electron chi connectivity index (χ3n) is 4.65. The predicted molar refractivity (Wildman–Crippen MR) is 89.8 cm³/mol. The highest BCUT2D eigenvalue weighted by atomic mass is 15.2. The van der Waals surface area contributed by atoms with E-state index in [9.17, 15) is 0 Å². The number of fused-ring (bicyclic) bond motifs is 1. The Hall–Kier alpha value is -1.61. The molecule has 0 radical (unpaired) electrons. The topological polar surface area (TPSA) is 42.2 Å². The first kappa shape index (κ1) is 14.3. The average molecular weight is 283 g/mol. The number of hydrogen-bond donors (Lipinski definition) is 1. The summed E-state index contributed by atoms with van der Waals surface area (Å²) in [7, 11) is 2.20. The molecular formula is C18H25N3. The van der Waals surface area contributed by atoms with Crippen molar-refractivity contribution in [2.75, 3.05) is 18.5 Å². The highest BCUT2D eigenvalue weighted by Gasteiger charge is 2.21. The summed E-state index contributed by atoms with van der Waals surface area (Å²) in [5.41, 5.74) is 8.17. The van der Waals surface area contributed by atoms with Gasteiger partial charge in [-0.25, -0.2) is 4.98 Å². The third kappa shape index (κ3) is 3.03. The van der Waals surface area contributed by atoms with Crippen molar-refractivity contribution in [3.8, 4) is 0 Å². The van der Waals surface area contributed by atoms with Crippen molar-refractivity contribution in [3.05, 3.63) is 35.9 Å². The van der Waals surface area contributed by atoms with Crippen LogP contribution in [0.25, 0.3) is 10.9 Å². The fourth-order valence-electron chi connectivity index (χ4n) is 3.44. The van der Waals surface area contributed by atoms with Crippen molar-refractivity contribution in [1.82, 2.24) is 4.98 Å². The first-order valence-corrected chi connectivity index (χ1v) is 8.11. The second-order valence-corrected chi connectivity index (χ2v) is 6.11. The Bertz CT molecular complexity index is 602. The molecule has 0 aliphatic heterocycles. The number of benzene rings is 1. The number of aromatic nitrogens is 1. The number of nitrogens with two attached hydrogens (primary N) is 1. The van der Waals surface area contributed by atoms with Crippen molar-refractivity contribution in [1.29, 1.82) is 0 Å². The monoisotopic (exact) mass is 283 g/mol. The highest BCUT2D eigenvalue weighted by Crippen LogP contribution is 2.29. The Morgan fingerprint density at radius 1 is 1.19 bits per heavy atom. The quantitative estimate of drug-likeness (QED) is 0.933. The molecule has 2 N–H and O–H groups in total. The van der Waals surface area contributed by atoms with E-state index in [0.29, 0.717) is 12.6 Å². The molecule has 3 rings (SSSR count). The summed E-state index contributed by atoms with van der Waals surface area (Å²) in [4.78, 5) is 7.34. The number of para-hydroxylation sites is 1. The van der Waals surface area contributed by atoms with E-state index in [-0.39, 0.29) is 0 Å². The minimum atomic E-state index is 0.629. The van der Waals surface area contributed by atoms with Crippen molar-refractivity contribution in [2.24, 2.45) is 5.73 Å². The summed E-state index contributed by atoms with van der Waals surface area (Å²) in [5, 5.41) is 1.21. The SMILES string of the molecule is CN(c1nc2ccccc2cc1CCN)C1CCCCC1. The summed E-state index contributed by atoms with van der Waals surface area (Å²) in [6, 6.07) is 11.3. The lowest BCUT2D eigenvalue weighted by Gasteiger charge is -2.33. The maximum Gasteiger partial charge on any atom is 0.132 e. The number of nitrogens with zero attached hydrogens (tertiary/aromatic N) is 2. The molecule has 1 fully saturated rings. The van der Waals surface area contributed by atoms with E-state index in [4.69, 9.17) is 10.7 Å². The van der Waals surface area contributed by atoms with Gasteiger partial charge in [0, 0.05) is 18.5 Å². The van der Waals surface area contributed by atoms with Crippen LogP contribution in [0.5, 0.6) is 0 Å². The zero-order valence-corrected chi connectivity index (χ0v) is 12.9. The Kier molecular flexibility index (Phi) is 4.39. The summed E-state index contributed by atoms with van der Waals surface area (Å²) < 4.78 is 0. The molecule has 1 aliphatic rings. The second-order valence-electron chi connectivity index (χ2n) is 6.11. The first-order chi connectivity index (χ1) is 10.3. The van der Waals surface area contributed by atoms with Gasteiger partial charge < -0.3 is 10.6 Å². The van der Waals surface area contributed by atoms with E-state index in [0.717, 1.165) is 17.8 Å². The van der Waals surface area contributed by atoms with E-state index >= 15 is 0 Å². The smallest absolute Gasteiger partial charge is 0.132 e. The minimum absolute atomic E-state index is 0.629. The molecule has 1 aromatic heterocycles. The van der Waals surface area contributed by atoms with Crippen LogP contribution in [0.2, 0.25) is 0 Å². The van der Waals surface area contributed by atoms with E-state index < -0.39 is 0 Å². The van der Waals surface area contributed by atoms with Crippen molar-refractivity contribution < 1.29 is 0 Å². The van der Waals surface area contributed by atoms with E-state index in [1.54, 1.807) is 0 Å². The molecule has 0 amide bonds. The minimum Gasteiger partial charge on any atom is -0.356 e. The summed E-state index contributed by atoms with van der Waals surface area (Å²) >= 11 is 0. The molecule has 1 saturated carbocycles. The van der Waals surface area contributed by atoms with Gasteiger partial charge in [0.05, 0.1) is 5.52 Å². The van der Waals surface area contributed by atoms with Crippen LogP contribution in [-0.2, 0) is 6.42 Å². The van der Waals surface area contributed by atoms with Crippen LogP contribution >= 0.6 is 0 Å². The van der Waals surface area contributed by atoms with Gasteiger partial charge in [-0.1, -0.05) is 37.5 Å². The Morgan fingerprint density at radius 2 is 1.95 bits per heavy atom. The van der Waals surface area contributed by atoms with E-state index in [2.05, 4.69) is 42.3 Å². The van der Waals surface area contributed by atoms with Gasteiger partial charge in [-0.3, -0.25) is 0 Å². The highest BCUT2D eigenvalue weighted by molar-refractivity contribution is 5.81. The fraction of sp³-hybridized carbons (Fsp3) is 0.500. The normalized spacial score (nSPS) is 16.3. The number of rotatable bonds is 4. The number of hydrogen-bond acceptors (Lipinski definition) is 3. The molecule has 112 valence electrons. The lowest BCUT2D eigenvalue weighted by Crippen LogP contribution is -2.34. The molecule has 0 spiro atoms. The van der Waals surface area contributed by atoms with Crippen LogP contribution in [0.1, 0.15) is 37.7 Å². The number of pyridine rings is 1. The molecule has 0 unspecified atom stereocenters.